The molecule has 0 fully saturated rings. The number of fused-ring (bicyclic) bond motifs is 3. The number of esters is 1. The lowest BCUT2D eigenvalue weighted by Crippen LogP contribution is -2.36. The van der Waals surface area contributed by atoms with Gasteiger partial charge < -0.3 is 19.6 Å². The van der Waals surface area contributed by atoms with E-state index in [0.717, 1.165) is 10.8 Å². The Balaban J connectivity index is 2.10. The lowest BCUT2D eigenvalue weighted by atomic mass is 10.0. The van der Waals surface area contributed by atoms with Gasteiger partial charge in [0.2, 0.25) is 0 Å². The zero-order chi connectivity index (χ0) is 18.8. The van der Waals surface area contributed by atoms with Gasteiger partial charge in [0.1, 0.15) is 24.0 Å². The fourth-order valence-corrected chi connectivity index (χ4v) is 2.82. The normalized spacial score (nSPS) is 12.5. The number of carbonyl (C=O) groups excluding carboxylic acids is 1. The van der Waals surface area contributed by atoms with Gasteiger partial charge in [-0.05, 0) is 12.0 Å². The van der Waals surface area contributed by atoms with Crippen LogP contribution in [0.5, 0.6) is 5.75 Å². The fourth-order valence-electron chi connectivity index (χ4n) is 2.82. The van der Waals surface area contributed by atoms with Crippen LogP contribution in [0.15, 0.2) is 45.6 Å². The smallest absolute Gasteiger partial charge is 0.336 e. The molecule has 0 spiro atoms. The molecule has 0 bridgehead atoms. The van der Waals surface area contributed by atoms with Gasteiger partial charge in [0.05, 0.1) is 7.11 Å². The molecule has 0 saturated heterocycles. The maximum atomic E-state index is 12.0. The predicted octanol–water partition coefficient (Wildman–Crippen LogP) is 2.98. The van der Waals surface area contributed by atoms with Gasteiger partial charge in [0, 0.05) is 27.8 Å². The molecule has 0 aliphatic carbocycles. The first kappa shape index (κ1) is 17.9. The minimum absolute atomic E-state index is 0.0378. The van der Waals surface area contributed by atoms with Crippen molar-refractivity contribution in [3.63, 3.8) is 0 Å². The highest BCUT2D eigenvalue weighted by Crippen LogP contribution is 2.34. The van der Waals surface area contributed by atoms with Gasteiger partial charge >= 0.3 is 11.6 Å². The Bertz CT molecular complexity index is 1020. The second-order valence-corrected chi connectivity index (χ2v) is 6.47. The van der Waals surface area contributed by atoms with Gasteiger partial charge in [0.15, 0.2) is 0 Å². The molecule has 6 nitrogen and oxygen atoms in total. The molecule has 0 unspecified atom stereocenters. The summed E-state index contributed by atoms with van der Waals surface area (Å²) >= 11 is 0. The quantitative estimate of drug-likeness (QED) is 0.430. The van der Waals surface area contributed by atoms with Gasteiger partial charge in [0.25, 0.3) is 0 Å². The SMILES string of the molecule is COc1cc2c(COC(=O)[C@@H](N)C(C)C)cc(=O)oc2c2ccccc12. The van der Waals surface area contributed by atoms with E-state index in [2.05, 4.69) is 0 Å². The Morgan fingerprint density at radius 1 is 1.15 bits per heavy atom. The van der Waals surface area contributed by atoms with Gasteiger partial charge in [-0.15, -0.1) is 0 Å². The van der Waals surface area contributed by atoms with Gasteiger partial charge in [-0.3, -0.25) is 4.79 Å². The maximum Gasteiger partial charge on any atom is 0.336 e. The zero-order valence-corrected chi connectivity index (χ0v) is 14.9. The first-order valence-corrected chi connectivity index (χ1v) is 8.37. The van der Waals surface area contributed by atoms with Crippen molar-refractivity contribution in [2.24, 2.45) is 11.7 Å². The summed E-state index contributed by atoms with van der Waals surface area (Å²) in [4.78, 5) is 24.1. The molecular formula is C20H21NO5. The molecule has 2 aromatic carbocycles. The lowest BCUT2D eigenvalue weighted by molar-refractivity contribution is -0.147. The molecule has 3 aromatic rings. The molecule has 1 atom stereocenters. The largest absolute Gasteiger partial charge is 0.496 e. The Hall–Kier alpha value is -2.86. The van der Waals surface area contributed by atoms with Crippen molar-refractivity contribution in [1.82, 2.24) is 0 Å². The van der Waals surface area contributed by atoms with Crippen molar-refractivity contribution in [3.05, 3.63) is 52.4 Å². The summed E-state index contributed by atoms with van der Waals surface area (Å²) < 4.78 is 16.2. The van der Waals surface area contributed by atoms with E-state index in [0.29, 0.717) is 22.3 Å². The summed E-state index contributed by atoms with van der Waals surface area (Å²) in [5.74, 6) is 0.103. The molecule has 0 radical (unpaired) electrons. The average molecular weight is 355 g/mol. The van der Waals surface area contributed by atoms with Crippen LogP contribution in [0.25, 0.3) is 21.7 Å². The molecule has 2 N–H and O–H groups in total. The molecule has 1 heterocycles. The molecular weight excluding hydrogens is 334 g/mol. The van der Waals surface area contributed by atoms with Crippen molar-refractivity contribution in [2.75, 3.05) is 7.11 Å². The van der Waals surface area contributed by atoms with Gasteiger partial charge in [-0.2, -0.15) is 0 Å². The number of nitrogens with two attached hydrogens (primary N) is 1. The first-order chi connectivity index (χ1) is 12.4. The molecule has 26 heavy (non-hydrogen) atoms. The number of hydrogen-bond donors (Lipinski definition) is 1. The monoisotopic (exact) mass is 355 g/mol. The highest BCUT2D eigenvalue weighted by molar-refractivity contribution is 6.08. The van der Waals surface area contributed by atoms with Crippen molar-refractivity contribution in [3.8, 4) is 5.75 Å². The summed E-state index contributed by atoms with van der Waals surface area (Å²) in [7, 11) is 1.58. The van der Waals surface area contributed by atoms with E-state index in [1.54, 1.807) is 13.2 Å². The van der Waals surface area contributed by atoms with Crippen LogP contribution < -0.4 is 16.1 Å². The third-order valence-corrected chi connectivity index (χ3v) is 4.38. The Kier molecular flexibility index (Phi) is 4.95. The Morgan fingerprint density at radius 2 is 1.85 bits per heavy atom. The van der Waals surface area contributed by atoms with E-state index in [1.807, 2.05) is 38.1 Å². The molecule has 0 amide bonds. The Morgan fingerprint density at radius 3 is 2.50 bits per heavy atom. The number of benzene rings is 2. The molecule has 3 rings (SSSR count). The van der Waals surface area contributed by atoms with Crippen molar-refractivity contribution in [1.29, 1.82) is 0 Å². The van der Waals surface area contributed by atoms with Crippen LogP contribution in [0.1, 0.15) is 19.4 Å². The number of rotatable bonds is 5. The van der Waals surface area contributed by atoms with Crippen LogP contribution in [0, 0.1) is 5.92 Å². The number of hydrogen-bond acceptors (Lipinski definition) is 6. The number of carbonyl (C=O) groups is 1. The van der Waals surface area contributed by atoms with E-state index in [1.165, 1.54) is 6.07 Å². The van der Waals surface area contributed by atoms with Crippen LogP contribution >= 0.6 is 0 Å². The van der Waals surface area contributed by atoms with E-state index in [4.69, 9.17) is 19.6 Å². The van der Waals surface area contributed by atoms with Crippen molar-refractivity contribution < 1.29 is 18.7 Å². The third-order valence-electron chi connectivity index (χ3n) is 4.38. The molecule has 0 aliphatic rings. The zero-order valence-electron chi connectivity index (χ0n) is 14.9. The van der Waals surface area contributed by atoms with Crippen molar-refractivity contribution >= 4 is 27.7 Å². The molecule has 0 aliphatic heterocycles. The molecule has 6 heteroatoms. The average Bonchev–Trinajstić information content (AvgIpc) is 2.64. The fraction of sp³-hybridized carbons (Fsp3) is 0.300. The van der Waals surface area contributed by atoms with Crippen LogP contribution in [-0.2, 0) is 16.1 Å². The van der Waals surface area contributed by atoms with Crippen LogP contribution in [-0.4, -0.2) is 19.1 Å². The third kappa shape index (κ3) is 3.28. The van der Waals surface area contributed by atoms with Crippen molar-refractivity contribution in [2.45, 2.75) is 26.5 Å². The van der Waals surface area contributed by atoms with Gasteiger partial charge in [-0.1, -0.05) is 38.1 Å². The number of ether oxygens (including phenoxy) is 2. The minimum atomic E-state index is -0.711. The van der Waals surface area contributed by atoms with Gasteiger partial charge in [-0.25, -0.2) is 4.79 Å². The number of methoxy groups -OCH3 is 1. The summed E-state index contributed by atoms with van der Waals surface area (Å²) in [5, 5.41) is 2.25. The second-order valence-electron chi connectivity index (χ2n) is 6.47. The summed E-state index contributed by atoms with van der Waals surface area (Å²) in [6.45, 7) is 3.62. The van der Waals surface area contributed by atoms with E-state index >= 15 is 0 Å². The van der Waals surface area contributed by atoms with E-state index in [-0.39, 0.29) is 12.5 Å². The predicted molar refractivity (Wildman–Crippen MR) is 99.2 cm³/mol. The first-order valence-electron chi connectivity index (χ1n) is 8.37. The maximum absolute atomic E-state index is 12.0. The molecule has 1 aromatic heterocycles. The van der Waals surface area contributed by atoms with Crippen LogP contribution in [0.4, 0.5) is 0 Å². The second kappa shape index (κ2) is 7.17. The summed E-state index contributed by atoms with van der Waals surface area (Å²) in [6, 6.07) is 9.88. The van der Waals surface area contributed by atoms with Crippen LogP contribution in [0.2, 0.25) is 0 Å². The summed E-state index contributed by atoms with van der Waals surface area (Å²) in [5.41, 5.74) is 6.29. The van der Waals surface area contributed by atoms with Crippen LogP contribution in [0.3, 0.4) is 0 Å². The van der Waals surface area contributed by atoms with E-state index < -0.39 is 17.6 Å². The summed E-state index contributed by atoms with van der Waals surface area (Å²) in [6.07, 6.45) is 0. The topological polar surface area (TPSA) is 91.8 Å². The highest BCUT2D eigenvalue weighted by Gasteiger charge is 2.20. The lowest BCUT2D eigenvalue weighted by Gasteiger charge is -2.15. The minimum Gasteiger partial charge on any atom is -0.496 e. The molecule has 0 saturated carbocycles. The Labute approximate surface area is 150 Å². The molecule has 136 valence electrons. The highest BCUT2D eigenvalue weighted by atomic mass is 16.5. The van der Waals surface area contributed by atoms with E-state index in [9.17, 15) is 9.59 Å². The standard InChI is InChI=1S/C20H21NO5/c1-11(2)18(21)20(23)25-10-12-8-17(22)26-19-14-7-5-4-6-13(14)16(24-3)9-15(12)19/h4-9,11,18H,10,21H2,1-3H3/t18-/m0/s1.